The summed E-state index contributed by atoms with van der Waals surface area (Å²) in [6.45, 7) is 3.38. The zero-order chi connectivity index (χ0) is 16.4. The molecule has 0 atom stereocenters. The molecule has 3 rings (SSSR count). The monoisotopic (exact) mass is 315 g/mol. The molecule has 7 heteroatoms. The van der Waals surface area contributed by atoms with Crippen LogP contribution in [-0.4, -0.2) is 16.0 Å². The Balaban J connectivity index is 1.81. The van der Waals surface area contributed by atoms with Crippen LogP contribution in [0.1, 0.15) is 18.2 Å². The molecule has 0 radical (unpaired) electrons. The molecule has 2 heterocycles. The number of hydrogen-bond acceptors (Lipinski definition) is 5. The van der Waals surface area contributed by atoms with Gasteiger partial charge in [0.15, 0.2) is 5.76 Å². The minimum absolute atomic E-state index is 0.149. The predicted molar refractivity (Wildman–Crippen MR) is 79.7 cm³/mol. The van der Waals surface area contributed by atoms with Crippen LogP contribution in [0.25, 0.3) is 23.0 Å². The van der Waals surface area contributed by atoms with Gasteiger partial charge in [-0.25, -0.2) is 4.39 Å². The van der Waals surface area contributed by atoms with Crippen molar-refractivity contribution in [2.75, 3.05) is 0 Å². The van der Waals surface area contributed by atoms with E-state index in [1.54, 1.807) is 31.2 Å². The van der Waals surface area contributed by atoms with E-state index >= 15 is 0 Å². The Bertz CT molecular complexity index is 854. The first-order chi connectivity index (χ1) is 11.0. The van der Waals surface area contributed by atoms with Gasteiger partial charge in [-0.05, 0) is 30.7 Å². The fourth-order valence-corrected chi connectivity index (χ4v) is 1.97. The first-order valence-electron chi connectivity index (χ1n) is 6.96. The molecule has 0 saturated heterocycles. The number of amides is 1. The average Bonchev–Trinajstić information content (AvgIpc) is 3.16. The number of carbonyl (C=O) groups is 1. The highest BCUT2D eigenvalue weighted by Crippen LogP contribution is 2.25. The molecule has 0 aliphatic carbocycles. The summed E-state index contributed by atoms with van der Waals surface area (Å²) in [5.74, 6) is 0.940. The van der Waals surface area contributed by atoms with Crippen LogP contribution in [-0.2, 0) is 11.3 Å². The number of nitrogens with zero attached hydrogens (tertiary/aromatic N) is 2. The number of aryl methyl sites for hydroxylation is 1. The first kappa shape index (κ1) is 15.0. The summed E-state index contributed by atoms with van der Waals surface area (Å²) in [6.07, 6.45) is 0. The SMILES string of the molecule is CC(=O)NCc1ccc(-c2nc(-c3ccc(C)c(F)c3)no2)o1. The summed E-state index contributed by atoms with van der Waals surface area (Å²) >= 11 is 0. The Hall–Kier alpha value is -2.96. The Labute approximate surface area is 131 Å². The smallest absolute Gasteiger partial charge is 0.293 e. The summed E-state index contributed by atoms with van der Waals surface area (Å²) in [6, 6.07) is 8.11. The van der Waals surface area contributed by atoms with E-state index in [-0.39, 0.29) is 30.0 Å². The molecule has 1 aromatic carbocycles. The second-order valence-corrected chi connectivity index (χ2v) is 5.06. The number of nitrogens with one attached hydrogen (secondary N) is 1. The van der Waals surface area contributed by atoms with Gasteiger partial charge in [-0.2, -0.15) is 4.98 Å². The van der Waals surface area contributed by atoms with Gasteiger partial charge in [0.1, 0.15) is 11.6 Å². The largest absolute Gasteiger partial charge is 0.454 e. The van der Waals surface area contributed by atoms with E-state index < -0.39 is 0 Å². The summed E-state index contributed by atoms with van der Waals surface area (Å²) in [5, 5.41) is 6.46. The quantitative estimate of drug-likeness (QED) is 0.800. The van der Waals surface area contributed by atoms with E-state index in [4.69, 9.17) is 8.94 Å². The molecule has 0 aliphatic rings. The topological polar surface area (TPSA) is 81.2 Å². The van der Waals surface area contributed by atoms with Crippen molar-refractivity contribution in [3.63, 3.8) is 0 Å². The van der Waals surface area contributed by atoms with Gasteiger partial charge in [-0.15, -0.1) is 0 Å². The van der Waals surface area contributed by atoms with Crippen molar-refractivity contribution in [2.24, 2.45) is 0 Å². The standard InChI is InChI=1S/C16H14FN3O3/c1-9-3-4-11(7-13(9)17)15-19-16(23-20-15)14-6-5-12(22-14)8-18-10(2)21/h3-7H,8H2,1-2H3,(H,18,21). The van der Waals surface area contributed by atoms with Gasteiger partial charge in [0.05, 0.1) is 6.54 Å². The number of aromatic nitrogens is 2. The van der Waals surface area contributed by atoms with Crippen molar-refractivity contribution >= 4 is 5.91 Å². The van der Waals surface area contributed by atoms with E-state index in [0.717, 1.165) is 0 Å². The van der Waals surface area contributed by atoms with Gasteiger partial charge in [-0.3, -0.25) is 4.79 Å². The van der Waals surface area contributed by atoms with E-state index in [1.165, 1.54) is 13.0 Å². The van der Waals surface area contributed by atoms with Crippen molar-refractivity contribution in [2.45, 2.75) is 20.4 Å². The highest BCUT2D eigenvalue weighted by atomic mass is 19.1. The Morgan fingerprint density at radius 2 is 2.13 bits per heavy atom. The lowest BCUT2D eigenvalue weighted by Gasteiger charge is -1.97. The van der Waals surface area contributed by atoms with E-state index in [1.807, 2.05) is 0 Å². The van der Waals surface area contributed by atoms with Crippen molar-refractivity contribution < 1.29 is 18.1 Å². The lowest BCUT2D eigenvalue weighted by atomic mass is 10.1. The first-order valence-corrected chi connectivity index (χ1v) is 6.96. The van der Waals surface area contributed by atoms with Crippen molar-refractivity contribution in [1.29, 1.82) is 0 Å². The maximum atomic E-state index is 13.6. The highest BCUT2D eigenvalue weighted by molar-refractivity contribution is 5.72. The van der Waals surface area contributed by atoms with Crippen LogP contribution in [0.3, 0.4) is 0 Å². The Morgan fingerprint density at radius 1 is 1.30 bits per heavy atom. The van der Waals surface area contributed by atoms with E-state index in [0.29, 0.717) is 22.6 Å². The van der Waals surface area contributed by atoms with Gasteiger partial charge in [0.25, 0.3) is 5.89 Å². The van der Waals surface area contributed by atoms with Crippen molar-refractivity contribution in [1.82, 2.24) is 15.5 Å². The minimum atomic E-state index is -0.329. The highest BCUT2D eigenvalue weighted by Gasteiger charge is 2.15. The van der Waals surface area contributed by atoms with Crippen LogP contribution in [0, 0.1) is 12.7 Å². The molecule has 0 aliphatic heterocycles. The van der Waals surface area contributed by atoms with Crippen molar-refractivity contribution in [3.8, 4) is 23.0 Å². The molecule has 0 unspecified atom stereocenters. The Morgan fingerprint density at radius 3 is 2.87 bits per heavy atom. The molecule has 0 bridgehead atoms. The third-order valence-corrected chi connectivity index (χ3v) is 3.24. The van der Waals surface area contributed by atoms with E-state index in [2.05, 4.69) is 15.5 Å². The zero-order valence-corrected chi connectivity index (χ0v) is 12.6. The minimum Gasteiger partial charge on any atom is -0.454 e. The van der Waals surface area contributed by atoms with Crippen LogP contribution in [0.4, 0.5) is 4.39 Å². The summed E-state index contributed by atoms with van der Waals surface area (Å²) < 4.78 is 24.3. The van der Waals surface area contributed by atoms with Crippen LogP contribution in [0.2, 0.25) is 0 Å². The Kier molecular flexibility index (Phi) is 3.92. The zero-order valence-electron chi connectivity index (χ0n) is 12.6. The molecule has 23 heavy (non-hydrogen) atoms. The second kappa shape index (κ2) is 6.04. The van der Waals surface area contributed by atoms with E-state index in [9.17, 15) is 9.18 Å². The summed E-state index contributed by atoms with van der Waals surface area (Å²) in [4.78, 5) is 15.1. The number of carbonyl (C=O) groups excluding carboxylic acids is 1. The average molecular weight is 315 g/mol. The molecule has 1 N–H and O–H groups in total. The molecule has 3 aromatic rings. The van der Waals surface area contributed by atoms with Crippen LogP contribution in [0.15, 0.2) is 39.3 Å². The number of rotatable bonds is 4. The normalized spacial score (nSPS) is 10.7. The summed E-state index contributed by atoms with van der Waals surface area (Å²) in [7, 11) is 0. The molecular weight excluding hydrogens is 301 g/mol. The van der Waals surface area contributed by atoms with Crippen LogP contribution < -0.4 is 5.32 Å². The predicted octanol–water partition coefficient (Wildman–Crippen LogP) is 3.08. The molecule has 0 spiro atoms. The molecular formula is C16H14FN3O3. The molecule has 0 fully saturated rings. The van der Waals surface area contributed by atoms with Gasteiger partial charge in [0, 0.05) is 12.5 Å². The third-order valence-electron chi connectivity index (χ3n) is 3.24. The molecule has 1 amide bonds. The lowest BCUT2D eigenvalue weighted by molar-refractivity contribution is -0.119. The van der Waals surface area contributed by atoms with Gasteiger partial charge >= 0.3 is 0 Å². The van der Waals surface area contributed by atoms with Gasteiger partial charge in [-0.1, -0.05) is 17.3 Å². The van der Waals surface area contributed by atoms with Gasteiger partial charge < -0.3 is 14.3 Å². The van der Waals surface area contributed by atoms with Crippen molar-refractivity contribution in [3.05, 3.63) is 47.5 Å². The third kappa shape index (κ3) is 3.28. The molecule has 0 saturated carbocycles. The number of benzene rings is 1. The molecule has 2 aromatic heterocycles. The van der Waals surface area contributed by atoms with Crippen LogP contribution in [0.5, 0.6) is 0 Å². The maximum absolute atomic E-state index is 13.6. The number of furan rings is 1. The maximum Gasteiger partial charge on any atom is 0.293 e. The summed E-state index contributed by atoms with van der Waals surface area (Å²) in [5.41, 5.74) is 1.07. The van der Waals surface area contributed by atoms with Crippen LogP contribution >= 0.6 is 0 Å². The lowest BCUT2D eigenvalue weighted by Crippen LogP contribution is -2.18. The number of halogens is 1. The fraction of sp³-hybridized carbons (Fsp3) is 0.188. The molecule has 6 nitrogen and oxygen atoms in total. The van der Waals surface area contributed by atoms with Gasteiger partial charge in [0.2, 0.25) is 11.7 Å². The fourth-order valence-electron chi connectivity index (χ4n) is 1.97. The number of hydrogen-bond donors (Lipinski definition) is 1. The second-order valence-electron chi connectivity index (χ2n) is 5.06. The molecule has 118 valence electrons.